The summed E-state index contributed by atoms with van der Waals surface area (Å²) in [4.78, 5) is 10.4. The average Bonchev–Trinajstić information content (AvgIpc) is 2.45. The van der Waals surface area contributed by atoms with Crippen LogP contribution in [0.25, 0.3) is 0 Å². The van der Waals surface area contributed by atoms with Crippen molar-refractivity contribution in [2.75, 3.05) is 5.73 Å². The molecule has 0 bridgehead atoms. The van der Waals surface area contributed by atoms with Crippen molar-refractivity contribution in [3.8, 4) is 11.8 Å². The van der Waals surface area contributed by atoms with Gasteiger partial charge in [0.15, 0.2) is 5.75 Å². The standard InChI is InChI=1S/C14H11N3O3/c15-8-10-4-5-14(13(7-10)17(18)19)20-9-11-2-1-3-12(16)6-11/h1-7H,9,16H2. The second-order valence-electron chi connectivity index (χ2n) is 4.09. The Morgan fingerprint density at radius 3 is 2.75 bits per heavy atom. The Morgan fingerprint density at radius 1 is 1.30 bits per heavy atom. The number of nitro benzene ring substituents is 1. The topological polar surface area (TPSA) is 102 Å². The van der Waals surface area contributed by atoms with Gasteiger partial charge in [-0.3, -0.25) is 10.1 Å². The SMILES string of the molecule is N#Cc1ccc(OCc2cccc(N)c2)c([N+](=O)[O-])c1. The van der Waals surface area contributed by atoms with E-state index in [0.717, 1.165) is 5.56 Å². The summed E-state index contributed by atoms with van der Waals surface area (Å²) in [5.41, 5.74) is 7.04. The van der Waals surface area contributed by atoms with Crippen molar-refractivity contribution < 1.29 is 9.66 Å². The molecule has 0 aromatic heterocycles. The van der Waals surface area contributed by atoms with Gasteiger partial charge < -0.3 is 10.5 Å². The zero-order chi connectivity index (χ0) is 14.5. The molecule has 0 atom stereocenters. The summed E-state index contributed by atoms with van der Waals surface area (Å²) in [5.74, 6) is 0.122. The number of benzene rings is 2. The number of nitro groups is 1. The minimum atomic E-state index is -0.574. The van der Waals surface area contributed by atoms with E-state index in [-0.39, 0.29) is 23.6 Å². The number of nitrogens with zero attached hydrogens (tertiary/aromatic N) is 2. The second-order valence-corrected chi connectivity index (χ2v) is 4.09. The van der Waals surface area contributed by atoms with Gasteiger partial charge in [0.1, 0.15) is 6.61 Å². The predicted molar refractivity (Wildman–Crippen MR) is 73.0 cm³/mol. The summed E-state index contributed by atoms with van der Waals surface area (Å²) in [6.45, 7) is 0.164. The van der Waals surface area contributed by atoms with Crippen LogP contribution in [-0.4, -0.2) is 4.92 Å². The van der Waals surface area contributed by atoms with E-state index in [1.165, 1.54) is 18.2 Å². The summed E-state index contributed by atoms with van der Waals surface area (Å²) in [7, 11) is 0. The van der Waals surface area contributed by atoms with Gasteiger partial charge in [0.05, 0.1) is 16.6 Å². The van der Waals surface area contributed by atoms with Crippen molar-refractivity contribution in [1.29, 1.82) is 5.26 Å². The van der Waals surface area contributed by atoms with E-state index >= 15 is 0 Å². The Hall–Kier alpha value is -3.07. The van der Waals surface area contributed by atoms with Crippen molar-refractivity contribution >= 4 is 11.4 Å². The van der Waals surface area contributed by atoms with Crippen LogP contribution in [0.3, 0.4) is 0 Å². The highest BCUT2D eigenvalue weighted by atomic mass is 16.6. The molecule has 0 aliphatic heterocycles. The Bertz CT molecular complexity index is 692. The third-order valence-corrected chi connectivity index (χ3v) is 2.63. The smallest absolute Gasteiger partial charge is 0.312 e. The molecule has 6 heteroatoms. The molecule has 0 fully saturated rings. The van der Waals surface area contributed by atoms with E-state index in [0.29, 0.717) is 5.69 Å². The van der Waals surface area contributed by atoms with E-state index in [9.17, 15) is 10.1 Å². The summed E-state index contributed by atoms with van der Waals surface area (Å²) in [6.07, 6.45) is 0. The van der Waals surface area contributed by atoms with Crippen molar-refractivity contribution in [3.05, 3.63) is 63.7 Å². The Morgan fingerprint density at radius 2 is 2.10 bits per heavy atom. The van der Waals surface area contributed by atoms with Crippen LogP contribution in [0.5, 0.6) is 5.75 Å². The van der Waals surface area contributed by atoms with Crippen LogP contribution in [0.2, 0.25) is 0 Å². The number of rotatable bonds is 4. The fourth-order valence-electron chi connectivity index (χ4n) is 1.70. The molecule has 0 heterocycles. The van der Waals surface area contributed by atoms with Crippen molar-refractivity contribution in [1.82, 2.24) is 0 Å². The molecule has 100 valence electrons. The van der Waals surface area contributed by atoms with E-state index in [2.05, 4.69) is 0 Å². The number of nitrogens with two attached hydrogens (primary N) is 1. The highest BCUT2D eigenvalue weighted by Crippen LogP contribution is 2.28. The molecule has 20 heavy (non-hydrogen) atoms. The molecule has 0 unspecified atom stereocenters. The highest BCUT2D eigenvalue weighted by molar-refractivity contribution is 5.51. The Kier molecular flexibility index (Phi) is 3.82. The first-order valence-electron chi connectivity index (χ1n) is 5.76. The number of nitriles is 1. The maximum Gasteiger partial charge on any atom is 0.312 e. The van der Waals surface area contributed by atoms with Crippen LogP contribution in [0.4, 0.5) is 11.4 Å². The lowest BCUT2D eigenvalue weighted by molar-refractivity contribution is -0.386. The fraction of sp³-hybridized carbons (Fsp3) is 0.0714. The van der Waals surface area contributed by atoms with Gasteiger partial charge in [0.2, 0.25) is 0 Å². The summed E-state index contributed by atoms with van der Waals surface area (Å²) in [5, 5.41) is 19.7. The highest BCUT2D eigenvalue weighted by Gasteiger charge is 2.16. The Labute approximate surface area is 115 Å². The molecule has 2 rings (SSSR count). The molecular formula is C14H11N3O3. The molecule has 0 saturated carbocycles. The molecule has 0 aliphatic carbocycles. The molecule has 2 aromatic carbocycles. The molecule has 2 aromatic rings. The molecule has 0 amide bonds. The number of nitrogen functional groups attached to an aromatic ring is 1. The lowest BCUT2D eigenvalue weighted by Crippen LogP contribution is -2.00. The van der Waals surface area contributed by atoms with E-state index in [1.807, 2.05) is 12.1 Å². The van der Waals surface area contributed by atoms with Gasteiger partial charge in [0.25, 0.3) is 0 Å². The van der Waals surface area contributed by atoms with Crippen LogP contribution in [0.1, 0.15) is 11.1 Å². The van der Waals surface area contributed by atoms with Gasteiger partial charge >= 0.3 is 5.69 Å². The fourth-order valence-corrected chi connectivity index (χ4v) is 1.70. The lowest BCUT2D eigenvalue weighted by atomic mass is 10.2. The molecule has 0 radical (unpaired) electrons. The zero-order valence-corrected chi connectivity index (χ0v) is 10.4. The largest absolute Gasteiger partial charge is 0.482 e. The van der Waals surface area contributed by atoms with E-state index in [1.54, 1.807) is 18.2 Å². The molecule has 0 spiro atoms. The monoisotopic (exact) mass is 269 g/mol. The first-order valence-corrected chi connectivity index (χ1v) is 5.76. The zero-order valence-electron chi connectivity index (χ0n) is 10.4. The summed E-state index contributed by atoms with van der Waals surface area (Å²) < 4.78 is 5.43. The van der Waals surface area contributed by atoms with Crippen LogP contribution in [0, 0.1) is 21.4 Å². The predicted octanol–water partition coefficient (Wildman–Crippen LogP) is 2.63. The summed E-state index contributed by atoms with van der Waals surface area (Å²) >= 11 is 0. The number of ether oxygens (including phenoxy) is 1. The maximum atomic E-state index is 11.0. The average molecular weight is 269 g/mol. The van der Waals surface area contributed by atoms with Crippen molar-refractivity contribution in [2.24, 2.45) is 0 Å². The molecular weight excluding hydrogens is 258 g/mol. The van der Waals surface area contributed by atoms with Crippen molar-refractivity contribution in [2.45, 2.75) is 6.61 Å². The quantitative estimate of drug-likeness (QED) is 0.522. The van der Waals surface area contributed by atoms with Crippen LogP contribution in [0.15, 0.2) is 42.5 Å². The number of hydrogen-bond acceptors (Lipinski definition) is 5. The number of anilines is 1. The van der Waals surface area contributed by atoms with Crippen LogP contribution < -0.4 is 10.5 Å². The minimum absolute atomic E-state index is 0.122. The third-order valence-electron chi connectivity index (χ3n) is 2.63. The first-order chi connectivity index (χ1) is 9.60. The first kappa shape index (κ1) is 13.4. The van der Waals surface area contributed by atoms with E-state index < -0.39 is 4.92 Å². The van der Waals surface area contributed by atoms with Crippen molar-refractivity contribution in [3.63, 3.8) is 0 Å². The normalized spacial score (nSPS) is 9.75. The van der Waals surface area contributed by atoms with Gasteiger partial charge in [-0.15, -0.1) is 0 Å². The van der Waals surface area contributed by atoms with E-state index in [4.69, 9.17) is 15.7 Å². The maximum absolute atomic E-state index is 11.0. The molecule has 2 N–H and O–H groups in total. The third kappa shape index (κ3) is 3.03. The summed E-state index contributed by atoms with van der Waals surface area (Å²) in [6, 6.07) is 13.0. The van der Waals surface area contributed by atoms with Gasteiger partial charge in [0, 0.05) is 11.8 Å². The van der Waals surface area contributed by atoms with Gasteiger partial charge in [-0.25, -0.2) is 0 Å². The van der Waals surface area contributed by atoms with Gasteiger partial charge in [-0.05, 0) is 29.8 Å². The molecule has 0 saturated heterocycles. The lowest BCUT2D eigenvalue weighted by Gasteiger charge is -2.07. The molecule has 0 aliphatic rings. The number of hydrogen-bond donors (Lipinski definition) is 1. The second kappa shape index (κ2) is 5.71. The van der Waals surface area contributed by atoms with Gasteiger partial charge in [-0.2, -0.15) is 5.26 Å². The van der Waals surface area contributed by atoms with Crippen LogP contribution in [-0.2, 0) is 6.61 Å². The Balaban J connectivity index is 2.21. The molecule has 6 nitrogen and oxygen atoms in total. The van der Waals surface area contributed by atoms with Crippen LogP contribution >= 0.6 is 0 Å². The minimum Gasteiger partial charge on any atom is -0.482 e. The van der Waals surface area contributed by atoms with Gasteiger partial charge in [-0.1, -0.05) is 12.1 Å².